The first kappa shape index (κ1) is 20.8. The van der Waals surface area contributed by atoms with Gasteiger partial charge in [0.15, 0.2) is 5.78 Å². The highest BCUT2D eigenvalue weighted by atomic mass is 16.2. The van der Waals surface area contributed by atoms with Crippen LogP contribution in [0, 0.1) is 0 Å². The van der Waals surface area contributed by atoms with Crippen LogP contribution in [-0.4, -0.2) is 16.3 Å². The van der Waals surface area contributed by atoms with Crippen LogP contribution in [-0.2, 0) is 13.0 Å². The molecule has 31 heavy (non-hydrogen) atoms. The van der Waals surface area contributed by atoms with Gasteiger partial charge in [0.05, 0.1) is 0 Å². The largest absolute Gasteiger partial charge is 0.348 e. The van der Waals surface area contributed by atoms with Gasteiger partial charge < -0.3 is 5.32 Å². The number of hydrogen-bond acceptors (Lipinski definition) is 3. The smallest absolute Gasteiger partial charge is 0.268 e. The molecule has 0 saturated heterocycles. The van der Waals surface area contributed by atoms with Crippen molar-refractivity contribution in [2.45, 2.75) is 45.6 Å². The van der Waals surface area contributed by atoms with Crippen molar-refractivity contribution in [2.24, 2.45) is 0 Å². The highest BCUT2D eigenvalue weighted by Crippen LogP contribution is 2.24. The Hall–Kier alpha value is -3.47. The molecule has 0 fully saturated rings. The summed E-state index contributed by atoms with van der Waals surface area (Å²) in [5.74, 6) is -0.121. The van der Waals surface area contributed by atoms with Crippen LogP contribution in [0.15, 0.2) is 65.5 Å². The number of amides is 1. The molecule has 1 aliphatic rings. The summed E-state index contributed by atoms with van der Waals surface area (Å²) in [6.45, 7) is 4.53. The molecule has 1 heterocycles. The molecule has 1 aliphatic carbocycles. The molecule has 0 radical (unpaired) electrons. The molecule has 2 aromatic carbocycles. The summed E-state index contributed by atoms with van der Waals surface area (Å²) in [4.78, 5) is 39.0. The predicted octanol–water partition coefficient (Wildman–Crippen LogP) is 4.41. The lowest BCUT2D eigenvalue weighted by atomic mass is 9.92. The summed E-state index contributed by atoms with van der Waals surface area (Å²) >= 11 is 0. The fourth-order valence-corrected chi connectivity index (χ4v) is 4.01. The maximum Gasteiger partial charge on any atom is 0.268 e. The fourth-order valence-electron chi connectivity index (χ4n) is 4.01. The molecule has 158 valence electrons. The monoisotopic (exact) mass is 414 g/mol. The number of ketones is 1. The number of nitrogens with zero attached hydrogens (tertiary/aromatic N) is 1. The Morgan fingerprint density at radius 1 is 1.00 bits per heavy atom. The van der Waals surface area contributed by atoms with E-state index in [9.17, 15) is 14.4 Å². The average Bonchev–Trinajstić information content (AvgIpc) is 2.78. The molecule has 0 unspecified atom stereocenters. The second-order valence-corrected chi connectivity index (χ2v) is 8.25. The Labute approximate surface area is 181 Å². The molecular formula is C26H26N2O3. The van der Waals surface area contributed by atoms with E-state index in [1.807, 2.05) is 54.6 Å². The van der Waals surface area contributed by atoms with Gasteiger partial charge in [0.25, 0.3) is 11.5 Å². The Morgan fingerprint density at radius 2 is 1.71 bits per heavy atom. The van der Waals surface area contributed by atoms with E-state index in [4.69, 9.17) is 0 Å². The van der Waals surface area contributed by atoms with Crippen molar-refractivity contribution in [3.8, 4) is 5.69 Å². The fraction of sp³-hybridized carbons (Fsp3) is 0.269. The molecule has 1 amide bonds. The van der Waals surface area contributed by atoms with Crippen molar-refractivity contribution in [1.82, 2.24) is 9.88 Å². The van der Waals surface area contributed by atoms with Crippen LogP contribution in [0.1, 0.15) is 70.1 Å². The molecule has 3 aromatic rings. The molecule has 0 saturated carbocycles. The van der Waals surface area contributed by atoms with Gasteiger partial charge in [-0.1, -0.05) is 56.3 Å². The number of carbonyl (C=O) groups is 2. The summed E-state index contributed by atoms with van der Waals surface area (Å²) in [6, 6.07) is 18.8. The number of benzene rings is 2. The highest BCUT2D eigenvalue weighted by molar-refractivity contribution is 6.01. The second-order valence-electron chi connectivity index (χ2n) is 8.25. The van der Waals surface area contributed by atoms with Crippen LogP contribution in [0.2, 0.25) is 0 Å². The first-order chi connectivity index (χ1) is 15.0. The quantitative estimate of drug-likeness (QED) is 0.672. The van der Waals surface area contributed by atoms with Gasteiger partial charge in [0, 0.05) is 29.9 Å². The van der Waals surface area contributed by atoms with Crippen LogP contribution in [0.4, 0.5) is 0 Å². The van der Waals surface area contributed by atoms with E-state index in [-0.39, 0.29) is 11.3 Å². The van der Waals surface area contributed by atoms with Crippen LogP contribution in [0.5, 0.6) is 0 Å². The number of pyridine rings is 1. The molecule has 5 heteroatoms. The summed E-state index contributed by atoms with van der Waals surface area (Å²) < 4.78 is 1.55. The molecule has 0 atom stereocenters. The zero-order valence-electron chi connectivity index (χ0n) is 17.9. The van der Waals surface area contributed by atoms with Crippen molar-refractivity contribution in [2.75, 3.05) is 0 Å². The number of Topliss-reactive ketones (excluding diaryl/α,β-unsaturated/α-hetero) is 1. The van der Waals surface area contributed by atoms with E-state index in [0.717, 1.165) is 5.56 Å². The van der Waals surface area contributed by atoms with Gasteiger partial charge in [0.2, 0.25) is 0 Å². The predicted molar refractivity (Wildman–Crippen MR) is 121 cm³/mol. The third kappa shape index (κ3) is 4.22. The Balaban J connectivity index is 1.77. The topological polar surface area (TPSA) is 68.2 Å². The maximum atomic E-state index is 13.4. The van der Waals surface area contributed by atoms with Crippen LogP contribution >= 0.6 is 0 Å². The van der Waals surface area contributed by atoms with Crippen molar-refractivity contribution in [3.05, 3.63) is 99.0 Å². The summed E-state index contributed by atoms with van der Waals surface area (Å²) in [7, 11) is 0. The number of nitrogens with one attached hydrogen (secondary N) is 1. The second kappa shape index (κ2) is 8.72. The number of hydrogen-bond donors (Lipinski definition) is 1. The molecule has 0 aliphatic heterocycles. The van der Waals surface area contributed by atoms with E-state index >= 15 is 0 Å². The van der Waals surface area contributed by atoms with Gasteiger partial charge in [-0.25, -0.2) is 0 Å². The average molecular weight is 415 g/mol. The Kier molecular flexibility index (Phi) is 5.85. The molecule has 4 rings (SSSR count). The maximum absolute atomic E-state index is 13.4. The standard InChI is InChI=1S/C26H26N2O3/c1-17(2)19-11-13-20(14-12-19)28-23-9-6-10-24(29)21(23)15-22(26(28)31)25(30)27-16-18-7-4-3-5-8-18/h3-5,7-8,11-15,17H,6,9-10,16H2,1-2H3,(H,27,30). The number of rotatable bonds is 5. The molecule has 0 bridgehead atoms. The summed E-state index contributed by atoms with van der Waals surface area (Å²) in [5, 5.41) is 2.82. The van der Waals surface area contributed by atoms with E-state index in [2.05, 4.69) is 19.2 Å². The van der Waals surface area contributed by atoms with Gasteiger partial charge in [-0.15, -0.1) is 0 Å². The third-order valence-corrected chi connectivity index (χ3v) is 5.78. The van der Waals surface area contributed by atoms with Gasteiger partial charge in [0.1, 0.15) is 5.56 Å². The lowest BCUT2D eigenvalue weighted by molar-refractivity contribution is 0.0949. The molecular weight excluding hydrogens is 388 g/mol. The van der Waals surface area contributed by atoms with Gasteiger partial charge in [-0.05, 0) is 48.1 Å². The first-order valence-corrected chi connectivity index (χ1v) is 10.7. The van der Waals surface area contributed by atoms with Crippen LogP contribution in [0.3, 0.4) is 0 Å². The highest BCUT2D eigenvalue weighted by Gasteiger charge is 2.26. The lowest BCUT2D eigenvalue weighted by Crippen LogP contribution is -2.35. The van der Waals surface area contributed by atoms with Crippen molar-refractivity contribution in [1.29, 1.82) is 0 Å². The minimum atomic E-state index is -0.470. The number of aromatic nitrogens is 1. The summed E-state index contributed by atoms with van der Waals surface area (Å²) in [5.41, 5.74) is 3.56. The van der Waals surface area contributed by atoms with Gasteiger partial charge in [-0.3, -0.25) is 19.0 Å². The van der Waals surface area contributed by atoms with Crippen LogP contribution < -0.4 is 10.9 Å². The van der Waals surface area contributed by atoms with E-state index in [0.29, 0.717) is 48.7 Å². The molecule has 1 N–H and O–H groups in total. The SMILES string of the molecule is CC(C)c1ccc(-n2c3c(cc(C(=O)NCc4ccccc4)c2=O)C(=O)CCC3)cc1. The molecule has 5 nitrogen and oxygen atoms in total. The van der Waals surface area contributed by atoms with Crippen LogP contribution in [0.25, 0.3) is 5.69 Å². The molecule has 1 aromatic heterocycles. The van der Waals surface area contributed by atoms with E-state index < -0.39 is 11.5 Å². The van der Waals surface area contributed by atoms with E-state index in [1.54, 1.807) is 4.57 Å². The van der Waals surface area contributed by atoms with E-state index in [1.165, 1.54) is 11.6 Å². The minimum absolute atomic E-state index is 0.00197. The first-order valence-electron chi connectivity index (χ1n) is 10.7. The Morgan fingerprint density at radius 3 is 2.39 bits per heavy atom. The normalized spacial score (nSPS) is 13.2. The lowest BCUT2D eigenvalue weighted by Gasteiger charge is -2.22. The molecule has 0 spiro atoms. The van der Waals surface area contributed by atoms with Gasteiger partial charge >= 0.3 is 0 Å². The summed E-state index contributed by atoms with van der Waals surface area (Å²) in [6.07, 6.45) is 1.77. The Bertz CT molecular complexity index is 1180. The van der Waals surface area contributed by atoms with Gasteiger partial charge in [-0.2, -0.15) is 0 Å². The zero-order chi connectivity index (χ0) is 22.0. The zero-order valence-corrected chi connectivity index (χ0v) is 17.9. The third-order valence-electron chi connectivity index (χ3n) is 5.78. The minimum Gasteiger partial charge on any atom is -0.348 e. The van der Waals surface area contributed by atoms with Crippen molar-refractivity contribution < 1.29 is 9.59 Å². The van der Waals surface area contributed by atoms with Crippen molar-refractivity contribution >= 4 is 11.7 Å². The number of carbonyl (C=O) groups excluding carboxylic acids is 2. The van der Waals surface area contributed by atoms with Crippen molar-refractivity contribution in [3.63, 3.8) is 0 Å². The number of fused-ring (bicyclic) bond motifs is 1.